The van der Waals surface area contributed by atoms with Crippen molar-refractivity contribution < 1.29 is 28.6 Å². The molecule has 0 radical (unpaired) electrons. The van der Waals surface area contributed by atoms with E-state index in [4.69, 9.17) is 14.2 Å². The Morgan fingerprint density at radius 3 is 1.49 bits per heavy atom. The van der Waals surface area contributed by atoms with E-state index in [2.05, 4.69) is 39.8 Å². The van der Waals surface area contributed by atoms with Gasteiger partial charge >= 0.3 is 17.9 Å². The number of nitrogens with zero attached hydrogens (tertiary/aromatic N) is 1. The van der Waals surface area contributed by atoms with E-state index < -0.39 is 16.2 Å². The molecule has 4 unspecified atom stereocenters. The maximum Gasteiger partial charge on any atom is 0.312 e. The third-order valence-corrected chi connectivity index (χ3v) is 9.62. The number of hydrogen-bond donors (Lipinski definition) is 0. The minimum atomic E-state index is -0.831. The Balaban J connectivity index is 3.19. The Morgan fingerprint density at radius 1 is 0.622 bits per heavy atom. The zero-order chi connectivity index (χ0) is 34.6. The van der Waals surface area contributed by atoms with Gasteiger partial charge in [0.15, 0.2) is 0 Å². The molecule has 7 heteroatoms. The molecule has 4 atom stereocenters. The molecule has 0 heterocycles. The van der Waals surface area contributed by atoms with E-state index in [1.165, 1.54) is 0 Å². The smallest absolute Gasteiger partial charge is 0.312 e. The summed E-state index contributed by atoms with van der Waals surface area (Å²) in [6.45, 7) is 23.5. The minimum Gasteiger partial charge on any atom is -0.464 e. The predicted octanol–water partition coefficient (Wildman–Crippen LogP) is 8.16. The van der Waals surface area contributed by atoms with Gasteiger partial charge in [-0.05, 0) is 95.7 Å². The predicted molar refractivity (Wildman–Crippen MR) is 183 cm³/mol. The highest BCUT2D eigenvalue weighted by atomic mass is 16.6. The summed E-state index contributed by atoms with van der Waals surface area (Å²) in [7, 11) is 3.91. The Bertz CT molecular complexity index is 1050. The molecule has 0 amide bonds. The highest BCUT2D eigenvalue weighted by Crippen LogP contribution is 2.46. The first kappa shape index (κ1) is 40.6. The summed E-state index contributed by atoms with van der Waals surface area (Å²) in [5.41, 5.74) is -1.07. The molecule has 0 aromatic heterocycles. The molecule has 258 valence electrons. The summed E-state index contributed by atoms with van der Waals surface area (Å²) in [6, 6.07) is 10.1. The second-order valence-corrected chi connectivity index (χ2v) is 15.6. The molecule has 1 aromatic rings. The highest BCUT2D eigenvalue weighted by Gasteiger charge is 2.45. The van der Waals surface area contributed by atoms with Crippen LogP contribution in [0.2, 0.25) is 0 Å². The van der Waals surface area contributed by atoms with Crippen molar-refractivity contribution in [2.75, 3.05) is 40.5 Å². The lowest BCUT2D eigenvalue weighted by Gasteiger charge is -2.38. The van der Waals surface area contributed by atoms with Crippen LogP contribution >= 0.6 is 0 Å². The fourth-order valence-corrected chi connectivity index (χ4v) is 6.29. The fraction of sp³-hybridized carbons (Fsp3) is 0.763. The second-order valence-electron chi connectivity index (χ2n) is 15.6. The number of likely N-dealkylation sites (N-methyl/N-ethyl adjacent to an activating group) is 1. The fourth-order valence-electron chi connectivity index (χ4n) is 6.29. The van der Waals surface area contributed by atoms with Gasteiger partial charge in [0.2, 0.25) is 0 Å². The number of rotatable bonds is 20. The Hall–Kier alpha value is -2.41. The van der Waals surface area contributed by atoms with Gasteiger partial charge in [0.05, 0.1) is 16.2 Å². The summed E-state index contributed by atoms with van der Waals surface area (Å²) < 4.78 is 17.3. The van der Waals surface area contributed by atoms with Crippen molar-refractivity contribution >= 4 is 17.9 Å². The maximum absolute atomic E-state index is 13.8. The third-order valence-electron chi connectivity index (χ3n) is 9.62. The molecule has 0 aliphatic rings. The van der Waals surface area contributed by atoms with Gasteiger partial charge in [0, 0.05) is 6.54 Å². The van der Waals surface area contributed by atoms with Crippen LogP contribution in [0.15, 0.2) is 30.3 Å². The number of esters is 3. The van der Waals surface area contributed by atoms with E-state index in [1.807, 2.05) is 85.7 Å². The number of ether oxygens (including phenoxy) is 3. The minimum absolute atomic E-state index is 0.00199. The first-order valence-corrected chi connectivity index (χ1v) is 17.0. The van der Waals surface area contributed by atoms with Gasteiger partial charge in [-0.2, -0.15) is 0 Å². The SMILES string of the molecule is CC(C)CC(C)(CC(CC(C)(C(=O)OCCOC(=O)C(C)(CC(C)C)C(C)C)C(C)C)c1ccccc1)C(=O)OCCN(C)C. The molecule has 1 rings (SSSR count). The monoisotopic (exact) mass is 631 g/mol. The van der Waals surface area contributed by atoms with Gasteiger partial charge in [-0.15, -0.1) is 0 Å². The topological polar surface area (TPSA) is 82.1 Å². The van der Waals surface area contributed by atoms with E-state index in [0.717, 1.165) is 12.0 Å². The van der Waals surface area contributed by atoms with Crippen molar-refractivity contribution in [1.29, 1.82) is 0 Å². The molecule has 0 aliphatic heterocycles. The largest absolute Gasteiger partial charge is 0.464 e. The lowest BCUT2D eigenvalue weighted by molar-refractivity contribution is -0.168. The summed E-state index contributed by atoms with van der Waals surface area (Å²) in [5, 5.41) is 0. The Kier molecular flexibility index (Phi) is 16.3. The zero-order valence-corrected chi connectivity index (χ0v) is 30.8. The average molecular weight is 632 g/mol. The number of hydrogen-bond acceptors (Lipinski definition) is 7. The quantitative estimate of drug-likeness (QED) is 0.0816. The molecule has 0 N–H and O–H groups in total. The van der Waals surface area contributed by atoms with Gasteiger partial charge in [0.25, 0.3) is 0 Å². The van der Waals surface area contributed by atoms with E-state index in [1.54, 1.807) is 0 Å². The van der Waals surface area contributed by atoms with Gasteiger partial charge in [-0.1, -0.05) is 85.7 Å². The van der Waals surface area contributed by atoms with Crippen molar-refractivity contribution in [1.82, 2.24) is 4.90 Å². The molecule has 0 saturated carbocycles. The van der Waals surface area contributed by atoms with E-state index >= 15 is 0 Å². The molecule has 1 aromatic carbocycles. The van der Waals surface area contributed by atoms with E-state index in [-0.39, 0.29) is 54.8 Å². The van der Waals surface area contributed by atoms with Crippen LogP contribution in [-0.2, 0) is 28.6 Å². The average Bonchev–Trinajstić information content (AvgIpc) is 2.93. The van der Waals surface area contributed by atoms with E-state index in [0.29, 0.717) is 38.3 Å². The summed E-state index contributed by atoms with van der Waals surface area (Å²) in [6.07, 6.45) is 2.46. The molecule has 0 saturated heterocycles. The molecule has 0 bridgehead atoms. The molecule has 0 spiro atoms. The molecule has 0 aliphatic carbocycles. The molecular weight excluding hydrogens is 566 g/mol. The van der Waals surface area contributed by atoms with Crippen LogP contribution in [0, 0.1) is 39.9 Å². The van der Waals surface area contributed by atoms with Crippen LogP contribution < -0.4 is 0 Å². The molecule has 7 nitrogen and oxygen atoms in total. The van der Waals surface area contributed by atoms with Crippen molar-refractivity contribution in [3.8, 4) is 0 Å². The van der Waals surface area contributed by atoms with Crippen molar-refractivity contribution in [3.05, 3.63) is 35.9 Å². The van der Waals surface area contributed by atoms with Crippen LogP contribution in [-0.4, -0.2) is 63.3 Å². The van der Waals surface area contributed by atoms with Crippen LogP contribution in [0.4, 0.5) is 0 Å². The standard InChI is InChI=1S/C38H65NO6/c1-27(2)23-36(9,33(40)43-20-19-39(12)13)25-32(31-17-15-14-16-18-31)26-38(11,30(7)8)35(42)45-22-21-44-34(41)37(10,29(5)6)24-28(3)4/h14-18,27-30,32H,19-26H2,1-13H3. The second kappa shape index (κ2) is 18.1. The van der Waals surface area contributed by atoms with Crippen LogP contribution in [0.5, 0.6) is 0 Å². The molecule has 45 heavy (non-hydrogen) atoms. The Labute approximate surface area is 275 Å². The van der Waals surface area contributed by atoms with Gasteiger partial charge in [-0.3, -0.25) is 14.4 Å². The van der Waals surface area contributed by atoms with Crippen molar-refractivity contribution in [3.63, 3.8) is 0 Å². The van der Waals surface area contributed by atoms with E-state index in [9.17, 15) is 14.4 Å². The third kappa shape index (κ3) is 12.4. The lowest BCUT2D eigenvalue weighted by atomic mass is 9.66. The number of benzene rings is 1. The summed E-state index contributed by atoms with van der Waals surface area (Å²) >= 11 is 0. The van der Waals surface area contributed by atoms with Gasteiger partial charge in [-0.25, -0.2) is 0 Å². The lowest BCUT2D eigenvalue weighted by Crippen LogP contribution is -2.40. The van der Waals surface area contributed by atoms with Crippen LogP contribution in [0.1, 0.15) is 113 Å². The summed E-state index contributed by atoms with van der Waals surface area (Å²) in [4.78, 5) is 42.5. The van der Waals surface area contributed by atoms with Crippen molar-refractivity contribution in [2.24, 2.45) is 39.9 Å². The van der Waals surface area contributed by atoms with Crippen molar-refractivity contribution in [2.45, 2.75) is 108 Å². The first-order chi connectivity index (χ1) is 20.8. The van der Waals surface area contributed by atoms with Crippen LogP contribution in [0.25, 0.3) is 0 Å². The first-order valence-electron chi connectivity index (χ1n) is 17.0. The molecule has 0 fully saturated rings. The van der Waals surface area contributed by atoms with Crippen LogP contribution in [0.3, 0.4) is 0 Å². The highest BCUT2D eigenvalue weighted by molar-refractivity contribution is 5.78. The maximum atomic E-state index is 13.8. The Morgan fingerprint density at radius 2 is 1.07 bits per heavy atom. The van der Waals surface area contributed by atoms with Gasteiger partial charge < -0.3 is 19.1 Å². The molecular formula is C38H65NO6. The number of carbonyl (C=O) groups is 3. The zero-order valence-electron chi connectivity index (χ0n) is 30.8. The normalized spacial score (nSPS) is 16.8. The summed E-state index contributed by atoms with van der Waals surface area (Å²) in [5.74, 6) is -0.109. The van der Waals surface area contributed by atoms with Gasteiger partial charge in [0.1, 0.15) is 19.8 Å². The number of carbonyl (C=O) groups excluding carboxylic acids is 3.